The van der Waals surface area contributed by atoms with Crippen LogP contribution < -0.4 is 0 Å². The van der Waals surface area contributed by atoms with Crippen molar-refractivity contribution < 1.29 is 16.8 Å². The Morgan fingerprint density at radius 3 is 1.96 bits per heavy atom. The van der Waals surface area contributed by atoms with Crippen molar-refractivity contribution in [2.24, 2.45) is 0 Å². The molecule has 2 aliphatic heterocycles. The lowest BCUT2D eigenvalue weighted by Gasteiger charge is -2.37. The van der Waals surface area contributed by atoms with E-state index in [0.29, 0.717) is 30.6 Å². The van der Waals surface area contributed by atoms with E-state index >= 15 is 0 Å². The Balaban J connectivity index is 1.65. The predicted molar refractivity (Wildman–Crippen MR) is 104 cm³/mol. The van der Waals surface area contributed by atoms with Gasteiger partial charge in [-0.05, 0) is 49.9 Å². The van der Waals surface area contributed by atoms with Crippen LogP contribution in [0.1, 0.15) is 25.7 Å². The van der Waals surface area contributed by atoms with E-state index in [1.165, 1.54) is 10.4 Å². The molecule has 0 spiro atoms. The topological polar surface area (TPSA) is 71.5 Å². The van der Waals surface area contributed by atoms with Crippen LogP contribution in [0.5, 0.6) is 0 Å². The number of fused-ring (bicyclic) bond motifs is 2. The molecule has 8 heteroatoms. The maximum atomic E-state index is 13.2. The second-order valence-electron chi connectivity index (χ2n) is 7.10. The predicted octanol–water partition coefficient (Wildman–Crippen LogP) is 3.50. The monoisotopic (exact) mass is 425 g/mol. The molecule has 5 nitrogen and oxygen atoms in total. The van der Waals surface area contributed by atoms with Gasteiger partial charge in [0.05, 0.1) is 15.2 Å². The van der Waals surface area contributed by atoms with E-state index in [4.69, 9.17) is 11.6 Å². The van der Waals surface area contributed by atoms with Crippen LogP contribution in [-0.2, 0) is 19.9 Å². The number of hydrogen-bond acceptors (Lipinski definition) is 4. The van der Waals surface area contributed by atoms with E-state index in [0.717, 1.165) is 0 Å². The highest BCUT2D eigenvalue weighted by Crippen LogP contribution is 2.43. The lowest BCUT2D eigenvalue weighted by molar-refractivity contribution is 0.249. The molecule has 0 saturated carbocycles. The molecule has 2 bridgehead atoms. The molecule has 0 radical (unpaired) electrons. The molecule has 3 atom stereocenters. The van der Waals surface area contributed by atoms with Gasteiger partial charge in [-0.15, -0.1) is 0 Å². The first-order valence-electron chi connectivity index (χ1n) is 8.89. The molecule has 144 valence electrons. The molecular weight excluding hydrogens is 406 g/mol. The van der Waals surface area contributed by atoms with Crippen molar-refractivity contribution in [3.8, 4) is 0 Å². The van der Waals surface area contributed by atoms with Gasteiger partial charge in [-0.2, -0.15) is 4.31 Å². The van der Waals surface area contributed by atoms with Gasteiger partial charge in [-0.3, -0.25) is 0 Å². The molecule has 1 unspecified atom stereocenters. The first-order valence-corrected chi connectivity index (χ1v) is 12.3. The highest BCUT2D eigenvalue weighted by Gasteiger charge is 2.50. The minimum absolute atomic E-state index is 0.0907. The first kappa shape index (κ1) is 18.9. The van der Waals surface area contributed by atoms with Gasteiger partial charge < -0.3 is 0 Å². The Kier molecular flexibility index (Phi) is 4.83. The zero-order valence-corrected chi connectivity index (χ0v) is 16.9. The summed E-state index contributed by atoms with van der Waals surface area (Å²) in [6.07, 6.45) is 1.99. The van der Waals surface area contributed by atoms with Crippen molar-refractivity contribution in [1.82, 2.24) is 4.31 Å². The minimum Gasteiger partial charge on any atom is -0.223 e. The third-order valence-corrected chi connectivity index (χ3v) is 10.2. The van der Waals surface area contributed by atoms with E-state index in [-0.39, 0.29) is 22.0 Å². The van der Waals surface area contributed by atoms with Gasteiger partial charge in [-0.25, -0.2) is 16.8 Å². The zero-order chi connectivity index (χ0) is 19.2. The lowest BCUT2D eigenvalue weighted by Crippen LogP contribution is -2.49. The standard InChI is InChI=1S/C19H20ClNO4S2/c20-18-8-4-5-9-19(18)27(24,25)21-14-10-11-15(21)13-17(12-14)26(22,23)16-6-2-1-3-7-16/h1-9,14-15,17H,10-13H2/t14-,15+,17?. The number of rotatable bonds is 4. The van der Waals surface area contributed by atoms with E-state index in [1.807, 2.05) is 0 Å². The molecule has 2 saturated heterocycles. The maximum Gasteiger partial charge on any atom is 0.245 e. The fourth-order valence-corrected chi connectivity index (χ4v) is 8.56. The number of benzene rings is 2. The summed E-state index contributed by atoms with van der Waals surface area (Å²) >= 11 is 6.12. The molecule has 27 heavy (non-hydrogen) atoms. The van der Waals surface area contributed by atoms with Crippen molar-refractivity contribution >= 4 is 31.5 Å². The van der Waals surface area contributed by atoms with Crippen molar-refractivity contribution in [3.63, 3.8) is 0 Å². The van der Waals surface area contributed by atoms with Crippen LogP contribution in [0.25, 0.3) is 0 Å². The van der Waals surface area contributed by atoms with Gasteiger partial charge in [0, 0.05) is 12.1 Å². The van der Waals surface area contributed by atoms with Crippen molar-refractivity contribution in [2.45, 2.75) is 52.8 Å². The normalized spacial score (nSPS) is 26.2. The highest BCUT2D eigenvalue weighted by molar-refractivity contribution is 7.92. The molecule has 2 fully saturated rings. The largest absolute Gasteiger partial charge is 0.245 e. The molecule has 2 aliphatic rings. The minimum atomic E-state index is -3.76. The van der Waals surface area contributed by atoms with E-state index in [2.05, 4.69) is 0 Å². The lowest BCUT2D eigenvalue weighted by atomic mass is 10.1. The van der Waals surface area contributed by atoms with Gasteiger partial charge in [0.2, 0.25) is 10.0 Å². The quantitative estimate of drug-likeness (QED) is 0.751. The van der Waals surface area contributed by atoms with Crippen LogP contribution in [0.3, 0.4) is 0 Å². The summed E-state index contributed by atoms with van der Waals surface area (Å²) in [5.74, 6) is 0. The third-order valence-electron chi connectivity index (χ3n) is 5.53. The zero-order valence-electron chi connectivity index (χ0n) is 14.5. The second kappa shape index (κ2) is 6.88. The Morgan fingerprint density at radius 2 is 1.37 bits per heavy atom. The Labute approximate surface area is 164 Å². The van der Waals surface area contributed by atoms with Crippen molar-refractivity contribution in [1.29, 1.82) is 0 Å². The van der Waals surface area contributed by atoms with E-state index < -0.39 is 25.1 Å². The number of hydrogen-bond donors (Lipinski definition) is 0. The average Bonchev–Trinajstić information content (AvgIpc) is 2.94. The molecule has 4 rings (SSSR count). The molecule has 2 heterocycles. The summed E-state index contributed by atoms with van der Waals surface area (Å²) in [5, 5.41) is -0.369. The van der Waals surface area contributed by atoms with Gasteiger partial charge in [0.15, 0.2) is 9.84 Å². The first-order chi connectivity index (χ1) is 12.8. The molecule has 0 amide bonds. The van der Waals surface area contributed by atoms with Crippen LogP contribution in [-0.4, -0.2) is 38.5 Å². The molecule has 2 aromatic rings. The van der Waals surface area contributed by atoms with Crippen LogP contribution in [0.15, 0.2) is 64.4 Å². The van der Waals surface area contributed by atoms with Crippen LogP contribution >= 0.6 is 11.6 Å². The number of piperidine rings is 1. The third kappa shape index (κ3) is 3.20. The summed E-state index contributed by atoms with van der Waals surface area (Å²) in [4.78, 5) is 0.393. The van der Waals surface area contributed by atoms with Gasteiger partial charge >= 0.3 is 0 Å². The highest BCUT2D eigenvalue weighted by atomic mass is 35.5. The Hall–Kier alpha value is -1.41. The number of halogens is 1. The van der Waals surface area contributed by atoms with Crippen LogP contribution in [0, 0.1) is 0 Å². The van der Waals surface area contributed by atoms with E-state index in [1.54, 1.807) is 48.5 Å². The Bertz CT molecular complexity index is 1040. The summed E-state index contributed by atoms with van der Waals surface area (Å²) in [6, 6.07) is 14.2. The SMILES string of the molecule is O=S(=O)(c1ccccc1)C1C[C@H]2CC[C@@H](C1)N2S(=O)(=O)c1ccccc1Cl. The summed E-state index contributed by atoms with van der Waals surface area (Å²) < 4.78 is 53.9. The molecule has 0 aromatic heterocycles. The van der Waals surface area contributed by atoms with E-state index in [9.17, 15) is 16.8 Å². The molecular formula is C19H20ClNO4S2. The number of sulfonamides is 1. The smallest absolute Gasteiger partial charge is 0.223 e. The van der Waals surface area contributed by atoms with Crippen LogP contribution in [0.2, 0.25) is 5.02 Å². The van der Waals surface area contributed by atoms with Crippen molar-refractivity contribution in [3.05, 3.63) is 59.6 Å². The van der Waals surface area contributed by atoms with Crippen LogP contribution in [0.4, 0.5) is 0 Å². The second-order valence-corrected chi connectivity index (χ2v) is 11.5. The van der Waals surface area contributed by atoms with Gasteiger partial charge in [0.1, 0.15) is 4.90 Å². The number of sulfone groups is 1. The maximum absolute atomic E-state index is 13.2. The summed E-state index contributed by atoms with van der Waals surface area (Å²) in [5.41, 5.74) is 0. The summed E-state index contributed by atoms with van der Waals surface area (Å²) in [7, 11) is -7.23. The fourth-order valence-electron chi connectivity index (χ4n) is 4.30. The van der Waals surface area contributed by atoms with Gasteiger partial charge in [-0.1, -0.05) is 41.9 Å². The van der Waals surface area contributed by atoms with Crippen molar-refractivity contribution in [2.75, 3.05) is 0 Å². The molecule has 0 aliphatic carbocycles. The average molecular weight is 426 g/mol. The number of nitrogens with zero attached hydrogens (tertiary/aromatic N) is 1. The van der Waals surface area contributed by atoms with Gasteiger partial charge in [0.25, 0.3) is 0 Å². The summed E-state index contributed by atoms with van der Waals surface area (Å²) in [6.45, 7) is 0. The molecule has 2 aromatic carbocycles. The molecule has 0 N–H and O–H groups in total. The Morgan fingerprint density at radius 1 is 0.815 bits per heavy atom. The fraction of sp³-hybridized carbons (Fsp3) is 0.368.